The average molecular weight is 418 g/mol. The second-order valence-corrected chi connectivity index (χ2v) is 7.56. The molecule has 0 bridgehead atoms. The van der Waals surface area contributed by atoms with E-state index in [0.717, 1.165) is 26.6 Å². The Labute approximate surface area is 169 Å². The first kappa shape index (κ1) is 18.7. The molecule has 4 aromatic rings. The van der Waals surface area contributed by atoms with Crippen LogP contribution in [-0.2, 0) is 20.6 Å². The first-order chi connectivity index (χ1) is 13.2. The standard InChI is InChI=1S/C19H17Cl2N5O2/c1-9-5-6-11-7-12(15(20)22-13(11)10(9)2)8-26-14-16(23-18(26)21)24(3)19(28)25(4)17(14)27/h5-7H,8H2,1-4H3. The average Bonchev–Trinajstić information content (AvgIpc) is 2.99. The van der Waals surface area contributed by atoms with Crippen molar-refractivity contribution in [2.75, 3.05) is 0 Å². The number of aryl methyl sites for hydroxylation is 3. The van der Waals surface area contributed by atoms with E-state index in [0.29, 0.717) is 10.7 Å². The molecule has 0 atom stereocenters. The fourth-order valence-corrected chi connectivity index (χ4v) is 3.77. The van der Waals surface area contributed by atoms with Crippen LogP contribution < -0.4 is 11.2 Å². The van der Waals surface area contributed by atoms with E-state index in [-0.39, 0.29) is 23.0 Å². The van der Waals surface area contributed by atoms with Crippen LogP contribution in [0.4, 0.5) is 0 Å². The number of hydrogen-bond acceptors (Lipinski definition) is 4. The lowest BCUT2D eigenvalue weighted by atomic mass is 10.0. The summed E-state index contributed by atoms with van der Waals surface area (Å²) < 4.78 is 3.88. The molecule has 7 nitrogen and oxygen atoms in total. The maximum absolute atomic E-state index is 12.7. The van der Waals surface area contributed by atoms with Crippen LogP contribution in [0.2, 0.25) is 10.4 Å². The van der Waals surface area contributed by atoms with Gasteiger partial charge in [0, 0.05) is 25.0 Å². The molecular formula is C19H17Cl2N5O2. The van der Waals surface area contributed by atoms with Gasteiger partial charge in [0.2, 0.25) is 5.28 Å². The van der Waals surface area contributed by atoms with E-state index in [4.69, 9.17) is 23.2 Å². The third-order valence-corrected chi connectivity index (χ3v) is 5.78. The Morgan fingerprint density at radius 2 is 1.75 bits per heavy atom. The molecule has 0 N–H and O–H groups in total. The SMILES string of the molecule is Cc1ccc2cc(Cn3c(Cl)nc4c3c(=O)n(C)c(=O)n4C)c(Cl)nc2c1C. The minimum absolute atomic E-state index is 0.101. The van der Waals surface area contributed by atoms with Gasteiger partial charge in [-0.05, 0) is 42.6 Å². The maximum atomic E-state index is 12.7. The van der Waals surface area contributed by atoms with Crippen molar-refractivity contribution < 1.29 is 0 Å². The molecule has 0 fully saturated rings. The molecule has 0 aliphatic rings. The van der Waals surface area contributed by atoms with E-state index < -0.39 is 11.2 Å². The Bertz CT molecular complexity index is 1400. The Kier molecular flexibility index (Phi) is 4.32. The highest BCUT2D eigenvalue weighted by atomic mass is 35.5. The van der Waals surface area contributed by atoms with Gasteiger partial charge >= 0.3 is 5.69 Å². The van der Waals surface area contributed by atoms with Crippen molar-refractivity contribution in [3.63, 3.8) is 0 Å². The molecule has 0 amide bonds. The van der Waals surface area contributed by atoms with Gasteiger partial charge in [-0.15, -0.1) is 0 Å². The monoisotopic (exact) mass is 417 g/mol. The third kappa shape index (κ3) is 2.65. The number of aromatic nitrogens is 5. The predicted molar refractivity (Wildman–Crippen MR) is 111 cm³/mol. The second-order valence-electron chi connectivity index (χ2n) is 6.86. The van der Waals surface area contributed by atoms with Crippen molar-refractivity contribution in [2.24, 2.45) is 14.1 Å². The third-order valence-electron chi connectivity index (χ3n) is 5.17. The molecule has 0 aliphatic heterocycles. The molecule has 4 rings (SSSR count). The van der Waals surface area contributed by atoms with Gasteiger partial charge in [-0.25, -0.2) is 9.78 Å². The topological polar surface area (TPSA) is 74.7 Å². The molecule has 0 aliphatic carbocycles. The fraction of sp³-hybridized carbons (Fsp3) is 0.263. The summed E-state index contributed by atoms with van der Waals surface area (Å²) in [6, 6.07) is 5.95. The summed E-state index contributed by atoms with van der Waals surface area (Å²) in [6.45, 7) is 4.23. The largest absolute Gasteiger partial charge is 0.332 e. The van der Waals surface area contributed by atoms with Crippen molar-refractivity contribution in [3.05, 3.63) is 66.2 Å². The van der Waals surface area contributed by atoms with Crippen molar-refractivity contribution in [1.29, 1.82) is 0 Å². The van der Waals surface area contributed by atoms with Gasteiger partial charge < -0.3 is 4.57 Å². The second kappa shape index (κ2) is 6.46. The van der Waals surface area contributed by atoms with Crippen LogP contribution >= 0.6 is 23.2 Å². The minimum atomic E-state index is -0.464. The number of fused-ring (bicyclic) bond motifs is 2. The summed E-state index contributed by atoms with van der Waals surface area (Å²) in [6.07, 6.45) is 0. The van der Waals surface area contributed by atoms with Gasteiger partial charge in [0.1, 0.15) is 5.15 Å². The van der Waals surface area contributed by atoms with Crippen molar-refractivity contribution in [3.8, 4) is 0 Å². The Hall–Kier alpha value is -2.64. The zero-order valence-corrected chi connectivity index (χ0v) is 17.3. The van der Waals surface area contributed by atoms with Gasteiger partial charge in [-0.1, -0.05) is 23.7 Å². The first-order valence-corrected chi connectivity index (χ1v) is 9.33. The molecule has 0 saturated heterocycles. The number of nitrogens with zero attached hydrogens (tertiary/aromatic N) is 5. The summed E-state index contributed by atoms with van der Waals surface area (Å²) in [5.41, 5.74) is 3.30. The zero-order valence-electron chi connectivity index (χ0n) is 15.7. The molecule has 0 radical (unpaired) electrons. The number of halogens is 2. The summed E-state index contributed by atoms with van der Waals surface area (Å²) >= 11 is 12.8. The molecule has 0 unspecified atom stereocenters. The van der Waals surface area contributed by atoms with Gasteiger partial charge in [-0.2, -0.15) is 4.98 Å². The normalized spacial score (nSPS) is 11.6. The van der Waals surface area contributed by atoms with E-state index in [9.17, 15) is 9.59 Å². The summed E-state index contributed by atoms with van der Waals surface area (Å²) in [4.78, 5) is 33.6. The molecule has 0 spiro atoms. The van der Waals surface area contributed by atoms with Crippen LogP contribution in [0, 0.1) is 13.8 Å². The lowest BCUT2D eigenvalue weighted by Crippen LogP contribution is -2.37. The summed E-state index contributed by atoms with van der Waals surface area (Å²) in [7, 11) is 2.97. The van der Waals surface area contributed by atoms with Gasteiger partial charge in [-0.3, -0.25) is 13.9 Å². The quantitative estimate of drug-likeness (QED) is 0.371. The number of rotatable bonds is 2. The Balaban J connectivity index is 1.95. The van der Waals surface area contributed by atoms with Crippen molar-refractivity contribution in [2.45, 2.75) is 20.4 Å². The van der Waals surface area contributed by atoms with E-state index >= 15 is 0 Å². The lowest BCUT2D eigenvalue weighted by Gasteiger charge is -2.11. The van der Waals surface area contributed by atoms with Gasteiger partial charge in [0.15, 0.2) is 11.2 Å². The molecule has 0 saturated carbocycles. The maximum Gasteiger partial charge on any atom is 0.332 e. The molecular weight excluding hydrogens is 401 g/mol. The van der Waals surface area contributed by atoms with Crippen LogP contribution in [0.15, 0.2) is 27.8 Å². The number of hydrogen-bond donors (Lipinski definition) is 0. The Morgan fingerprint density at radius 3 is 2.46 bits per heavy atom. The summed E-state index contributed by atoms with van der Waals surface area (Å²) in [5, 5.41) is 1.38. The highest BCUT2D eigenvalue weighted by Crippen LogP contribution is 2.27. The van der Waals surface area contributed by atoms with E-state index in [1.54, 1.807) is 11.6 Å². The smallest absolute Gasteiger partial charge is 0.304 e. The van der Waals surface area contributed by atoms with E-state index in [1.807, 2.05) is 32.0 Å². The van der Waals surface area contributed by atoms with E-state index in [1.165, 1.54) is 11.6 Å². The molecule has 9 heteroatoms. The fourth-order valence-electron chi connectivity index (χ4n) is 3.35. The zero-order chi connectivity index (χ0) is 20.3. The van der Waals surface area contributed by atoms with Crippen LogP contribution in [0.1, 0.15) is 16.7 Å². The minimum Gasteiger partial charge on any atom is -0.304 e. The van der Waals surface area contributed by atoms with Crippen LogP contribution in [0.3, 0.4) is 0 Å². The molecule has 3 aromatic heterocycles. The van der Waals surface area contributed by atoms with Crippen molar-refractivity contribution in [1.82, 2.24) is 23.7 Å². The predicted octanol–water partition coefficient (Wildman–Crippen LogP) is 2.95. The highest BCUT2D eigenvalue weighted by molar-refractivity contribution is 6.31. The van der Waals surface area contributed by atoms with Crippen molar-refractivity contribution >= 4 is 45.3 Å². The highest BCUT2D eigenvalue weighted by Gasteiger charge is 2.19. The van der Waals surface area contributed by atoms with Crippen LogP contribution in [0.5, 0.6) is 0 Å². The number of imidazole rings is 1. The van der Waals surface area contributed by atoms with Crippen LogP contribution in [-0.4, -0.2) is 23.7 Å². The number of benzene rings is 1. The van der Waals surface area contributed by atoms with Gasteiger partial charge in [0.25, 0.3) is 5.56 Å². The summed E-state index contributed by atoms with van der Waals surface area (Å²) in [5.74, 6) is 0. The first-order valence-electron chi connectivity index (χ1n) is 8.57. The van der Waals surface area contributed by atoms with Crippen LogP contribution in [0.25, 0.3) is 22.1 Å². The molecule has 28 heavy (non-hydrogen) atoms. The van der Waals surface area contributed by atoms with E-state index in [2.05, 4.69) is 9.97 Å². The molecule has 1 aromatic carbocycles. The number of pyridine rings is 1. The molecule has 144 valence electrons. The van der Waals surface area contributed by atoms with Gasteiger partial charge in [0.05, 0.1) is 12.1 Å². The Morgan fingerprint density at radius 1 is 1.04 bits per heavy atom. The molecule has 3 heterocycles. The lowest BCUT2D eigenvalue weighted by molar-refractivity contribution is 0.702.